The number of amides is 1. The summed E-state index contributed by atoms with van der Waals surface area (Å²) in [5.74, 6) is -0.00974. The Balaban J connectivity index is 1.33. The Labute approximate surface area is 197 Å². The highest BCUT2D eigenvalue weighted by atomic mass is 19.4. The number of hydrogen-bond acceptors (Lipinski definition) is 6. The number of carbonyl (C=O) groups is 1. The molecule has 7 nitrogen and oxygen atoms in total. The first-order valence-corrected chi connectivity index (χ1v) is 12.1. The van der Waals surface area contributed by atoms with E-state index in [2.05, 4.69) is 10.3 Å². The molecule has 6 atom stereocenters. The Morgan fingerprint density at radius 1 is 1.35 bits per heavy atom. The molecule has 1 saturated carbocycles. The smallest absolute Gasteiger partial charge is 0.379 e. The number of nitrogens with one attached hydrogen (secondary N) is 1. The van der Waals surface area contributed by atoms with Gasteiger partial charge < -0.3 is 24.4 Å². The second-order valence-electron chi connectivity index (χ2n) is 10.1. The summed E-state index contributed by atoms with van der Waals surface area (Å²) in [6.07, 6.45) is -0.530. The zero-order valence-corrected chi connectivity index (χ0v) is 19.6. The van der Waals surface area contributed by atoms with Gasteiger partial charge in [0.2, 0.25) is 5.91 Å². The van der Waals surface area contributed by atoms with Crippen molar-refractivity contribution in [1.29, 1.82) is 0 Å². The molecule has 1 amide bonds. The minimum absolute atomic E-state index is 0.00974. The molecule has 188 valence electrons. The van der Waals surface area contributed by atoms with Crippen molar-refractivity contribution in [2.75, 3.05) is 26.9 Å². The molecule has 1 aromatic rings. The summed E-state index contributed by atoms with van der Waals surface area (Å²) in [4.78, 5) is 19.7. The van der Waals surface area contributed by atoms with Crippen LogP contribution in [-0.4, -0.2) is 73.1 Å². The number of halogens is 3. The summed E-state index contributed by atoms with van der Waals surface area (Å²) >= 11 is 0. The molecular formula is C24H32F3N3O4. The highest BCUT2D eigenvalue weighted by Crippen LogP contribution is 2.51. The molecule has 2 saturated heterocycles. The zero-order valence-electron chi connectivity index (χ0n) is 19.6. The molecule has 0 spiro atoms. The maximum absolute atomic E-state index is 13.9. The number of aromatic nitrogens is 1. The first-order valence-electron chi connectivity index (χ1n) is 12.1. The molecule has 3 aliphatic heterocycles. The molecule has 4 heterocycles. The Morgan fingerprint density at radius 3 is 2.94 bits per heavy atom. The topological polar surface area (TPSA) is 72.9 Å². The van der Waals surface area contributed by atoms with Crippen LogP contribution in [0.4, 0.5) is 13.2 Å². The predicted molar refractivity (Wildman–Crippen MR) is 116 cm³/mol. The molecule has 10 heteroatoms. The van der Waals surface area contributed by atoms with Gasteiger partial charge in [0, 0.05) is 57.2 Å². The van der Waals surface area contributed by atoms with Crippen LogP contribution in [0.25, 0.3) is 0 Å². The molecule has 0 aromatic carbocycles. The number of alkyl halides is 3. The molecule has 1 N–H and O–H groups in total. The summed E-state index contributed by atoms with van der Waals surface area (Å²) < 4.78 is 56.9. The number of carbonyl (C=O) groups excluding carboxylic acids is 1. The average molecular weight is 484 g/mol. The minimum atomic E-state index is -4.46. The van der Waals surface area contributed by atoms with Crippen molar-refractivity contribution in [3.8, 4) is 0 Å². The molecule has 3 fully saturated rings. The van der Waals surface area contributed by atoms with Gasteiger partial charge in [-0.15, -0.1) is 0 Å². The lowest BCUT2D eigenvalue weighted by atomic mass is 9.79. The minimum Gasteiger partial charge on any atom is -0.379 e. The molecule has 0 radical (unpaired) electrons. The number of ether oxygens (including phenoxy) is 3. The summed E-state index contributed by atoms with van der Waals surface area (Å²) in [5.41, 5.74) is -0.314. The van der Waals surface area contributed by atoms with Crippen LogP contribution in [0.3, 0.4) is 0 Å². The van der Waals surface area contributed by atoms with E-state index in [1.807, 2.05) is 6.92 Å². The Hall–Kier alpha value is -1.75. The van der Waals surface area contributed by atoms with E-state index in [9.17, 15) is 18.0 Å². The number of pyridine rings is 1. The molecule has 34 heavy (non-hydrogen) atoms. The van der Waals surface area contributed by atoms with E-state index in [0.717, 1.165) is 25.1 Å². The van der Waals surface area contributed by atoms with Gasteiger partial charge >= 0.3 is 6.18 Å². The normalized spacial score (nSPS) is 35.8. The van der Waals surface area contributed by atoms with Crippen LogP contribution >= 0.6 is 0 Å². The molecule has 0 bridgehead atoms. The van der Waals surface area contributed by atoms with E-state index in [0.29, 0.717) is 50.3 Å². The highest BCUT2D eigenvalue weighted by molar-refractivity contribution is 5.84. The van der Waals surface area contributed by atoms with Crippen molar-refractivity contribution in [1.82, 2.24) is 15.2 Å². The number of fused-ring (bicyclic) bond motifs is 2. The lowest BCUT2D eigenvalue weighted by Crippen LogP contribution is -2.51. The lowest BCUT2D eigenvalue weighted by Gasteiger charge is -2.37. The average Bonchev–Trinajstić information content (AvgIpc) is 3.30. The van der Waals surface area contributed by atoms with Crippen LogP contribution < -0.4 is 5.32 Å². The van der Waals surface area contributed by atoms with E-state index in [4.69, 9.17) is 14.2 Å². The summed E-state index contributed by atoms with van der Waals surface area (Å²) in [7, 11) is 1.68. The highest BCUT2D eigenvalue weighted by Gasteiger charge is 2.59. The number of hydrogen-bond donors (Lipinski definition) is 1. The third kappa shape index (κ3) is 4.34. The van der Waals surface area contributed by atoms with E-state index >= 15 is 0 Å². The Bertz CT molecular complexity index is 929. The molecule has 1 aliphatic carbocycles. The zero-order chi connectivity index (χ0) is 24.1. The second kappa shape index (κ2) is 9.04. The van der Waals surface area contributed by atoms with Gasteiger partial charge in [-0.3, -0.25) is 9.78 Å². The van der Waals surface area contributed by atoms with Crippen molar-refractivity contribution < 1.29 is 32.2 Å². The summed E-state index contributed by atoms with van der Waals surface area (Å²) in [6.45, 7) is 3.81. The maximum Gasteiger partial charge on any atom is 0.417 e. The van der Waals surface area contributed by atoms with Crippen molar-refractivity contribution in [2.45, 2.75) is 82.1 Å². The van der Waals surface area contributed by atoms with E-state index < -0.39 is 17.2 Å². The van der Waals surface area contributed by atoms with Gasteiger partial charge in [0.25, 0.3) is 0 Å². The first-order chi connectivity index (χ1) is 16.2. The van der Waals surface area contributed by atoms with Gasteiger partial charge in [-0.1, -0.05) is 0 Å². The van der Waals surface area contributed by atoms with Crippen LogP contribution in [0.15, 0.2) is 12.3 Å². The van der Waals surface area contributed by atoms with E-state index in [1.165, 1.54) is 0 Å². The van der Waals surface area contributed by atoms with Crippen LogP contribution in [-0.2, 0) is 38.1 Å². The van der Waals surface area contributed by atoms with Crippen molar-refractivity contribution >= 4 is 5.91 Å². The third-order valence-corrected chi connectivity index (χ3v) is 7.91. The quantitative estimate of drug-likeness (QED) is 0.710. The second-order valence-corrected chi connectivity index (χ2v) is 10.1. The molecule has 1 aromatic heterocycles. The number of methoxy groups -OCH3 is 1. The molecule has 5 rings (SSSR count). The van der Waals surface area contributed by atoms with Gasteiger partial charge in [0.15, 0.2) is 0 Å². The largest absolute Gasteiger partial charge is 0.417 e. The fourth-order valence-electron chi connectivity index (χ4n) is 6.33. The van der Waals surface area contributed by atoms with E-state index in [-0.39, 0.29) is 42.8 Å². The van der Waals surface area contributed by atoms with Crippen LogP contribution in [0.2, 0.25) is 0 Å². The SMILES string of the molecule is COC1COCCC1NC1CC2OC(C)CC2(C(=O)N2CCc3ncc(C(F)(F)F)cc3C2)C1. The van der Waals surface area contributed by atoms with Crippen LogP contribution in [0.5, 0.6) is 0 Å². The molecule has 6 unspecified atom stereocenters. The van der Waals surface area contributed by atoms with E-state index in [1.54, 1.807) is 12.0 Å². The monoisotopic (exact) mass is 483 g/mol. The standard InChI is InChI=1S/C24H32F3N3O4/c1-14-9-23(10-17(8-21(23)34-14)29-19-4-6-33-13-20(19)32-2)22(31)30-5-3-18-15(12-30)7-16(11-28-18)24(25,26)27/h7,11,14,17,19-21,29H,3-6,8-10,12-13H2,1-2H3. The summed E-state index contributed by atoms with van der Waals surface area (Å²) in [5, 5.41) is 3.69. The Kier molecular flexibility index (Phi) is 6.37. The molecule has 4 aliphatic rings. The van der Waals surface area contributed by atoms with Crippen molar-refractivity contribution in [2.24, 2.45) is 5.41 Å². The number of nitrogens with zero attached hydrogens (tertiary/aromatic N) is 2. The fourth-order valence-corrected chi connectivity index (χ4v) is 6.33. The van der Waals surface area contributed by atoms with Crippen LogP contribution in [0.1, 0.15) is 49.4 Å². The molecular weight excluding hydrogens is 451 g/mol. The van der Waals surface area contributed by atoms with Gasteiger partial charge in [-0.2, -0.15) is 13.2 Å². The number of rotatable bonds is 4. The van der Waals surface area contributed by atoms with Gasteiger partial charge in [-0.05, 0) is 44.2 Å². The first kappa shape index (κ1) is 24.0. The third-order valence-electron chi connectivity index (χ3n) is 7.91. The van der Waals surface area contributed by atoms with Gasteiger partial charge in [0.1, 0.15) is 0 Å². The lowest BCUT2D eigenvalue weighted by molar-refractivity contribution is -0.145. The maximum atomic E-state index is 13.9. The predicted octanol–water partition coefficient (Wildman–Crippen LogP) is 2.70. The van der Waals surface area contributed by atoms with Crippen molar-refractivity contribution in [3.63, 3.8) is 0 Å². The van der Waals surface area contributed by atoms with Gasteiger partial charge in [0.05, 0.1) is 35.9 Å². The van der Waals surface area contributed by atoms with Crippen LogP contribution in [0, 0.1) is 5.41 Å². The van der Waals surface area contributed by atoms with Gasteiger partial charge in [-0.25, -0.2) is 0 Å². The fraction of sp³-hybridized carbons (Fsp3) is 0.750. The summed E-state index contributed by atoms with van der Waals surface area (Å²) in [6, 6.07) is 1.40. The Morgan fingerprint density at radius 2 is 2.18 bits per heavy atom. The van der Waals surface area contributed by atoms with Crippen molar-refractivity contribution in [3.05, 3.63) is 29.1 Å².